The molecule has 1 fully saturated rings. The third kappa shape index (κ3) is 1.75. The van der Waals surface area contributed by atoms with E-state index < -0.39 is 5.82 Å². The normalized spacial score (nSPS) is 19.1. The summed E-state index contributed by atoms with van der Waals surface area (Å²) in [4.78, 5) is 0. The fourth-order valence-electron chi connectivity index (χ4n) is 1.45. The Kier molecular flexibility index (Phi) is 2.72. The maximum atomic E-state index is 13.1. The van der Waals surface area contributed by atoms with Crippen LogP contribution in [0.1, 0.15) is 11.6 Å². The Morgan fingerprint density at radius 1 is 1.50 bits per heavy atom. The molecule has 76 valence electrons. The molecule has 2 N–H and O–H groups in total. The van der Waals surface area contributed by atoms with E-state index in [0.717, 1.165) is 5.56 Å². The number of benzene rings is 1. The van der Waals surface area contributed by atoms with Crippen LogP contribution in [0.25, 0.3) is 0 Å². The van der Waals surface area contributed by atoms with Gasteiger partial charge in [-0.05, 0) is 17.7 Å². The third-order valence-corrected chi connectivity index (χ3v) is 2.81. The van der Waals surface area contributed by atoms with Crippen LogP contribution in [0, 0.1) is 11.7 Å². The van der Waals surface area contributed by atoms with E-state index in [4.69, 9.17) is 22.1 Å². The molecule has 1 heterocycles. The highest BCUT2D eigenvalue weighted by Crippen LogP contribution is 2.27. The Balaban J connectivity index is 2.18. The van der Waals surface area contributed by atoms with Gasteiger partial charge in [0.1, 0.15) is 5.82 Å². The largest absolute Gasteiger partial charge is 0.381 e. The fraction of sp³-hybridized carbons (Fsp3) is 0.400. The maximum absolute atomic E-state index is 13.1. The standard InChI is InChI=1S/C10H11ClFNO/c11-8-2-1-6(3-9(8)12)10(13)7-4-14-5-7/h1-3,7,10H,4-5,13H2/t10-/m0/s1. The first kappa shape index (κ1) is 9.90. The smallest absolute Gasteiger partial charge is 0.142 e. The molecular weight excluding hydrogens is 205 g/mol. The summed E-state index contributed by atoms with van der Waals surface area (Å²) >= 11 is 5.57. The lowest BCUT2D eigenvalue weighted by molar-refractivity contribution is -0.0442. The van der Waals surface area contributed by atoms with Gasteiger partial charge in [-0.1, -0.05) is 17.7 Å². The van der Waals surface area contributed by atoms with Crippen molar-refractivity contribution in [3.05, 3.63) is 34.6 Å². The van der Waals surface area contributed by atoms with E-state index in [1.807, 2.05) is 0 Å². The molecule has 2 rings (SSSR count). The van der Waals surface area contributed by atoms with Crippen molar-refractivity contribution in [1.29, 1.82) is 0 Å². The summed E-state index contributed by atoms with van der Waals surface area (Å²) in [6, 6.07) is 4.53. The lowest BCUT2D eigenvalue weighted by Gasteiger charge is -2.31. The minimum atomic E-state index is -0.417. The molecule has 4 heteroatoms. The van der Waals surface area contributed by atoms with Gasteiger partial charge in [-0.2, -0.15) is 0 Å². The molecule has 1 aliphatic heterocycles. The first-order valence-corrected chi connectivity index (χ1v) is 4.84. The molecule has 0 amide bonds. The molecule has 2 nitrogen and oxygen atoms in total. The van der Waals surface area contributed by atoms with Gasteiger partial charge in [0.25, 0.3) is 0 Å². The van der Waals surface area contributed by atoms with Crippen molar-refractivity contribution in [2.24, 2.45) is 11.7 Å². The molecule has 0 saturated carbocycles. The van der Waals surface area contributed by atoms with Gasteiger partial charge >= 0.3 is 0 Å². The monoisotopic (exact) mass is 215 g/mol. The molecule has 0 aliphatic carbocycles. The zero-order chi connectivity index (χ0) is 10.1. The molecule has 1 aliphatic rings. The Morgan fingerprint density at radius 3 is 2.71 bits per heavy atom. The Bertz CT molecular complexity index is 341. The molecule has 0 bridgehead atoms. The van der Waals surface area contributed by atoms with Crippen LogP contribution in [0.4, 0.5) is 4.39 Å². The van der Waals surface area contributed by atoms with E-state index in [1.54, 1.807) is 6.07 Å². The van der Waals surface area contributed by atoms with Crippen molar-refractivity contribution in [3.63, 3.8) is 0 Å². The predicted molar refractivity (Wildman–Crippen MR) is 52.6 cm³/mol. The van der Waals surface area contributed by atoms with Crippen molar-refractivity contribution in [2.45, 2.75) is 6.04 Å². The summed E-state index contributed by atoms with van der Waals surface area (Å²) in [6.45, 7) is 1.32. The number of nitrogens with two attached hydrogens (primary N) is 1. The van der Waals surface area contributed by atoms with Gasteiger partial charge in [0.2, 0.25) is 0 Å². The summed E-state index contributed by atoms with van der Waals surface area (Å²) in [5.74, 6) is -0.115. The van der Waals surface area contributed by atoms with Crippen LogP contribution in [-0.4, -0.2) is 13.2 Å². The first-order valence-electron chi connectivity index (χ1n) is 4.47. The van der Waals surface area contributed by atoms with Crippen molar-refractivity contribution in [2.75, 3.05) is 13.2 Å². The van der Waals surface area contributed by atoms with Crippen LogP contribution in [0.2, 0.25) is 5.02 Å². The number of hydrogen-bond donors (Lipinski definition) is 1. The second-order valence-electron chi connectivity index (χ2n) is 3.50. The second-order valence-corrected chi connectivity index (χ2v) is 3.90. The van der Waals surface area contributed by atoms with E-state index in [2.05, 4.69) is 0 Å². The van der Waals surface area contributed by atoms with Gasteiger partial charge < -0.3 is 10.5 Å². The Morgan fingerprint density at radius 2 is 2.21 bits per heavy atom. The number of rotatable bonds is 2. The predicted octanol–water partition coefficient (Wildman–Crippen LogP) is 2.13. The van der Waals surface area contributed by atoms with Crippen LogP contribution in [-0.2, 0) is 4.74 Å². The van der Waals surface area contributed by atoms with Crippen LogP contribution in [0.5, 0.6) is 0 Å². The van der Waals surface area contributed by atoms with Crippen molar-refractivity contribution in [1.82, 2.24) is 0 Å². The van der Waals surface area contributed by atoms with Gasteiger partial charge in [-0.25, -0.2) is 4.39 Å². The van der Waals surface area contributed by atoms with Crippen molar-refractivity contribution in [3.8, 4) is 0 Å². The van der Waals surface area contributed by atoms with Crippen LogP contribution in [0.3, 0.4) is 0 Å². The number of halogens is 2. The zero-order valence-corrected chi connectivity index (χ0v) is 8.30. The molecule has 0 radical (unpaired) electrons. The topological polar surface area (TPSA) is 35.2 Å². The molecule has 0 spiro atoms. The summed E-state index contributed by atoms with van der Waals surface area (Å²) in [5.41, 5.74) is 6.71. The van der Waals surface area contributed by atoms with Crippen molar-refractivity contribution < 1.29 is 9.13 Å². The lowest BCUT2D eigenvalue weighted by Crippen LogP contribution is -2.37. The molecule has 1 aromatic rings. The van der Waals surface area contributed by atoms with Crippen LogP contribution in [0.15, 0.2) is 18.2 Å². The minimum absolute atomic E-state index is 0.130. The third-order valence-electron chi connectivity index (χ3n) is 2.50. The SMILES string of the molecule is N[C@@H](c1ccc(Cl)c(F)c1)C1COC1. The van der Waals surface area contributed by atoms with Crippen molar-refractivity contribution >= 4 is 11.6 Å². The van der Waals surface area contributed by atoms with E-state index in [-0.39, 0.29) is 11.1 Å². The Labute approximate surface area is 86.8 Å². The molecule has 0 aromatic heterocycles. The molecule has 1 aromatic carbocycles. The average molecular weight is 216 g/mol. The highest BCUT2D eigenvalue weighted by Gasteiger charge is 2.26. The molecular formula is C10H11ClFNO. The summed E-state index contributed by atoms with van der Waals surface area (Å²) in [6.07, 6.45) is 0. The summed E-state index contributed by atoms with van der Waals surface area (Å²) < 4.78 is 18.1. The van der Waals surface area contributed by atoms with Gasteiger partial charge in [0.05, 0.1) is 18.2 Å². The molecule has 1 saturated heterocycles. The van der Waals surface area contributed by atoms with Crippen LogP contribution < -0.4 is 5.73 Å². The molecule has 1 atom stereocenters. The number of ether oxygens (including phenoxy) is 1. The first-order chi connectivity index (χ1) is 6.68. The van der Waals surface area contributed by atoms with Gasteiger partial charge in [0.15, 0.2) is 0 Å². The second kappa shape index (κ2) is 3.85. The quantitative estimate of drug-likeness (QED) is 0.820. The lowest BCUT2D eigenvalue weighted by atomic mass is 9.92. The average Bonchev–Trinajstić information content (AvgIpc) is 2.06. The van der Waals surface area contributed by atoms with Crippen LogP contribution >= 0.6 is 11.6 Å². The maximum Gasteiger partial charge on any atom is 0.142 e. The van der Waals surface area contributed by atoms with E-state index in [9.17, 15) is 4.39 Å². The molecule has 14 heavy (non-hydrogen) atoms. The molecule has 0 unspecified atom stereocenters. The van der Waals surface area contributed by atoms with Gasteiger partial charge in [0, 0.05) is 12.0 Å². The van der Waals surface area contributed by atoms with Gasteiger partial charge in [-0.3, -0.25) is 0 Å². The van der Waals surface area contributed by atoms with E-state index in [0.29, 0.717) is 19.1 Å². The Hall–Kier alpha value is -0.640. The fourth-order valence-corrected chi connectivity index (χ4v) is 1.57. The summed E-state index contributed by atoms with van der Waals surface area (Å²) in [5, 5.41) is 0.130. The highest BCUT2D eigenvalue weighted by atomic mass is 35.5. The summed E-state index contributed by atoms with van der Waals surface area (Å²) in [7, 11) is 0. The minimum Gasteiger partial charge on any atom is -0.381 e. The zero-order valence-electron chi connectivity index (χ0n) is 7.54. The highest BCUT2D eigenvalue weighted by molar-refractivity contribution is 6.30. The van der Waals surface area contributed by atoms with E-state index >= 15 is 0 Å². The van der Waals surface area contributed by atoms with Gasteiger partial charge in [-0.15, -0.1) is 0 Å². The van der Waals surface area contributed by atoms with E-state index in [1.165, 1.54) is 12.1 Å². The number of hydrogen-bond acceptors (Lipinski definition) is 2.